The van der Waals surface area contributed by atoms with E-state index >= 15 is 0 Å². The van der Waals surface area contributed by atoms with Crippen LogP contribution in [0.25, 0.3) is 0 Å². The van der Waals surface area contributed by atoms with Crippen molar-refractivity contribution in [3.05, 3.63) is 0 Å². The number of rotatable bonds is 9. The molecule has 0 aliphatic carbocycles. The first kappa shape index (κ1) is 15.2. The van der Waals surface area contributed by atoms with Crippen molar-refractivity contribution < 1.29 is 26.8 Å². The Hall–Kier alpha value is -0.210. The molecule has 0 aromatic rings. The Labute approximate surface area is 114 Å². The molecule has 0 N–H and O–H groups in total. The predicted molar refractivity (Wildman–Crippen MR) is 68.5 cm³/mol. The first-order chi connectivity index (χ1) is 9.03. The van der Waals surface area contributed by atoms with E-state index in [0.717, 1.165) is 45.2 Å². The highest BCUT2D eigenvalue weighted by Gasteiger charge is 2.30. The summed E-state index contributed by atoms with van der Waals surface area (Å²) in [5.41, 5.74) is 0. The summed E-state index contributed by atoms with van der Waals surface area (Å²) in [5, 5.41) is 0. The lowest BCUT2D eigenvalue weighted by Crippen LogP contribution is -2.41. The zero-order valence-electron chi connectivity index (χ0n) is 11.2. The lowest BCUT2D eigenvalue weighted by molar-refractivity contribution is -0.143. The molecule has 3 atom stereocenters. The van der Waals surface area contributed by atoms with Gasteiger partial charge in [0.2, 0.25) is 0 Å². The predicted octanol–water partition coefficient (Wildman–Crippen LogP) is 0.706. The van der Waals surface area contributed by atoms with Crippen LogP contribution in [-0.2, 0) is 28.5 Å². The van der Waals surface area contributed by atoms with Crippen LogP contribution in [0.1, 0.15) is 25.7 Å². The second kappa shape index (κ2) is 6.99. The van der Waals surface area contributed by atoms with Gasteiger partial charge in [0.1, 0.15) is 0 Å². The van der Waals surface area contributed by atoms with Gasteiger partial charge in [-0.1, -0.05) is 0 Å². The largest absolute Gasteiger partial charge is 0.379 e. The smallest absolute Gasteiger partial charge is 0.264 e. The van der Waals surface area contributed by atoms with E-state index in [1.165, 1.54) is 0 Å². The maximum absolute atomic E-state index is 10.8. The van der Waals surface area contributed by atoms with Gasteiger partial charge in [-0.2, -0.15) is 8.42 Å². The van der Waals surface area contributed by atoms with Gasteiger partial charge in [0.05, 0.1) is 37.8 Å². The van der Waals surface area contributed by atoms with Crippen LogP contribution >= 0.6 is 0 Å². The first-order valence-electron chi connectivity index (χ1n) is 6.72. The number of ether oxygens (including phenoxy) is 3. The molecule has 0 aromatic heterocycles. The van der Waals surface area contributed by atoms with E-state index in [2.05, 4.69) is 4.18 Å². The van der Waals surface area contributed by atoms with Gasteiger partial charge in [0.25, 0.3) is 10.1 Å². The van der Waals surface area contributed by atoms with E-state index in [-0.39, 0.29) is 18.8 Å². The van der Waals surface area contributed by atoms with E-state index in [9.17, 15) is 8.42 Å². The highest BCUT2D eigenvalue weighted by Crippen LogP contribution is 2.25. The molecule has 2 aliphatic rings. The van der Waals surface area contributed by atoms with E-state index < -0.39 is 10.1 Å². The minimum absolute atomic E-state index is 0.0796. The molecular weight excluding hydrogens is 272 g/mol. The zero-order valence-corrected chi connectivity index (χ0v) is 12.1. The second-order valence-electron chi connectivity index (χ2n) is 5.10. The lowest BCUT2D eigenvalue weighted by Gasteiger charge is -2.35. The summed E-state index contributed by atoms with van der Waals surface area (Å²) in [6.45, 7) is 2.41. The van der Waals surface area contributed by atoms with Crippen LogP contribution < -0.4 is 0 Å². The minimum Gasteiger partial charge on any atom is -0.379 e. The van der Waals surface area contributed by atoms with Crippen LogP contribution in [-0.4, -0.2) is 59.4 Å². The molecule has 2 aliphatic heterocycles. The standard InChI is InChI=1S/C12H22O6S/c1-19(13,14)17-9-12-7-10(18-12)3-2-5-15-8-11-4-6-16-11/h10-12H,2-9H2,1H3. The van der Waals surface area contributed by atoms with Gasteiger partial charge in [0.15, 0.2) is 0 Å². The van der Waals surface area contributed by atoms with Gasteiger partial charge in [-0.3, -0.25) is 4.18 Å². The fourth-order valence-corrected chi connectivity index (χ4v) is 2.49. The fraction of sp³-hybridized carbons (Fsp3) is 1.00. The summed E-state index contributed by atoms with van der Waals surface area (Å²) in [6.07, 6.45) is 5.36. The summed E-state index contributed by atoms with van der Waals surface area (Å²) in [5.74, 6) is 0. The molecule has 7 heteroatoms. The van der Waals surface area contributed by atoms with E-state index in [1.807, 2.05) is 0 Å². The minimum atomic E-state index is -3.35. The quantitative estimate of drug-likeness (QED) is 0.460. The first-order valence-corrected chi connectivity index (χ1v) is 8.54. The maximum Gasteiger partial charge on any atom is 0.264 e. The Balaban J connectivity index is 1.40. The van der Waals surface area contributed by atoms with Gasteiger partial charge in [-0.25, -0.2) is 0 Å². The van der Waals surface area contributed by atoms with Crippen molar-refractivity contribution in [2.24, 2.45) is 0 Å². The molecule has 0 saturated carbocycles. The van der Waals surface area contributed by atoms with Crippen LogP contribution in [0.5, 0.6) is 0 Å². The summed E-state index contributed by atoms with van der Waals surface area (Å²) in [7, 11) is -3.35. The van der Waals surface area contributed by atoms with Crippen LogP contribution in [0.15, 0.2) is 0 Å². The van der Waals surface area contributed by atoms with Gasteiger partial charge >= 0.3 is 0 Å². The van der Waals surface area contributed by atoms with E-state index in [1.54, 1.807) is 0 Å². The topological polar surface area (TPSA) is 71.1 Å². The molecule has 6 nitrogen and oxygen atoms in total. The Morgan fingerprint density at radius 1 is 1.21 bits per heavy atom. The highest BCUT2D eigenvalue weighted by molar-refractivity contribution is 7.85. The van der Waals surface area contributed by atoms with Crippen molar-refractivity contribution in [1.82, 2.24) is 0 Å². The Morgan fingerprint density at radius 2 is 1.95 bits per heavy atom. The average molecular weight is 294 g/mol. The van der Waals surface area contributed by atoms with Crippen molar-refractivity contribution in [3.63, 3.8) is 0 Å². The van der Waals surface area contributed by atoms with Gasteiger partial charge < -0.3 is 14.2 Å². The van der Waals surface area contributed by atoms with Gasteiger partial charge in [-0.05, 0) is 19.3 Å². The molecule has 0 amide bonds. The van der Waals surface area contributed by atoms with E-state index in [0.29, 0.717) is 12.7 Å². The molecule has 0 aromatic carbocycles. The van der Waals surface area contributed by atoms with Crippen LogP contribution in [0.4, 0.5) is 0 Å². The Bertz CT molecular complexity index is 358. The van der Waals surface area contributed by atoms with Crippen LogP contribution in [0.3, 0.4) is 0 Å². The number of hydrogen-bond donors (Lipinski definition) is 0. The third-order valence-electron chi connectivity index (χ3n) is 3.29. The van der Waals surface area contributed by atoms with Crippen molar-refractivity contribution in [1.29, 1.82) is 0 Å². The molecule has 3 unspecified atom stereocenters. The molecule has 112 valence electrons. The molecule has 2 saturated heterocycles. The van der Waals surface area contributed by atoms with Crippen molar-refractivity contribution in [2.45, 2.75) is 44.0 Å². The third-order valence-corrected chi connectivity index (χ3v) is 3.85. The van der Waals surface area contributed by atoms with Crippen LogP contribution in [0.2, 0.25) is 0 Å². The molecule has 0 radical (unpaired) electrons. The third kappa shape index (κ3) is 5.74. The summed E-state index contributed by atoms with van der Waals surface area (Å²) < 4.78 is 42.5. The summed E-state index contributed by atoms with van der Waals surface area (Å²) >= 11 is 0. The number of hydrogen-bond acceptors (Lipinski definition) is 6. The van der Waals surface area contributed by atoms with Crippen molar-refractivity contribution in [3.8, 4) is 0 Å². The monoisotopic (exact) mass is 294 g/mol. The van der Waals surface area contributed by atoms with Crippen molar-refractivity contribution >= 4 is 10.1 Å². The van der Waals surface area contributed by atoms with Gasteiger partial charge in [0, 0.05) is 19.6 Å². The van der Waals surface area contributed by atoms with E-state index in [4.69, 9.17) is 14.2 Å². The van der Waals surface area contributed by atoms with Crippen molar-refractivity contribution in [2.75, 3.05) is 32.7 Å². The van der Waals surface area contributed by atoms with Gasteiger partial charge in [-0.15, -0.1) is 0 Å². The molecule has 19 heavy (non-hydrogen) atoms. The SMILES string of the molecule is CS(=O)(=O)OCC1CC(CCCOCC2CCO2)O1. The molecule has 2 fully saturated rings. The summed E-state index contributed by atoms with van der Waals surface area (Å²) in [4.78, 5) is 0. The Morgan fingerprint density at radius 3 is 2.53 bits per heavy atom. The zero-order chi connectivity index (χ0) is 13.7. The summed E-state index contributed by atoms with van der Waals surface area (Å²) in [6, 6.07) is 0. The fourth-order valence-electron chi connectivity index (χ4n) is 2.09. The molecule has 2 heterocycles. The molecular formula is C12H22O6S. The Kier molecular flexibility index (Phi) is 5.58. The normalized spacial score (nSPS) is 30.7. The lowest BCUT2D eigenvalue weighted by atomic mass is 10.0. The second-order valence-corrected chi connectivity index (χ2v) is 6.75. The average Bonchev–Trinajstić information content (AvgIpc) is 2.20. The molecule has 0 bridgehead atoms. The maximum atomic E-state index is 10.8. The van der Waals surface area contributed by atoms with Crippen LogP contribution in [0, 0.1) is 0 Å². The molecule has 2 rings (SSSR count). The molecule has 0 spiro atoms. The highest BCUT2D eigenvalue weighted by atomic mass is 32.2.